The van der Waals surface area contributed by atoms with Crippen LogP contribution in [0.5, 0.6) is 0 Å². The molecule has 2 rings (SSSR count). The Morgan fingerprint density at radius 3 is 1.93 bits per heavy atom. The van der Waals surface area contributed by atoms with Crippen LogP contribution < -0.4 is 0 Å². The third kappa shape index (κ3) is 3.13. The van der Waals surface area contributed by atoms with Crippen LogP contribution in [0.1, 0.15) is 44.9 Å². The Hall–Kier alpha value is -0.300. The van der Waals surface area contributed by atoms with Crippen molar-refractivity contribution in [2.24, 2.45) is 11.8 Å². The van der Waals surface area contributed by atoms with Gasteiger partial charge in [-0.15, -0.1) is 0 Å². The molecule has 0 unspecified atom stereocenters. The van der Waals surface area contributed by atoms with Crippen molar-refractivity contribution in [3.05, 3.63) is 12.2 Å². The van der Waals surface area contributed by atoms with E-state index in [-0.39, 0.29) is 0 Å². The van der Waals surface area contributed by atoms with Crippen molar-refractivity contribution in [3.63, 3.8) is 0 Å². The first-order chi connectivity index (χ1) is 6.95. The normalized spacial score (nSPS) is 27.1. The highest BCUT2D eigenvalue weighted by atomic mass is 16.5. The van der Waals surface area contributed by atoms with E-state index >= 15 is 0 Å². The molecule has 0 radical (unpaired) electrons. The van der Waals surface area contributed by atoms with Crippen LogP contribution in [0, 0.1) is 11.8 Å². The molecular weight excluding hydrogens is 172 g/mol. The van der Waals surface area contributed by atoms with Gasteiger partial charge in [0.15, 0.2) is 0 Å². The van der Waals surface area contributed by atoms with E-state index < -0.39 is 0 Å². The molecule has 0 aromatic rings. The second-order valence-electron chi connectivity index (χ2n) is 4.73. The largest absolute Gasteiger partial charge is 0.381 e. The molecule has 1 saturated carbocycles. The number of hydrogen-bond acceptors (Lipinski definition) is 1. The molecule has 0 spiro atoms. The average molecular weight is 194 g/mol. The zero-order valence-electron chi connectivity index (χ0n) is 9.08. The maximum atomic E-state index is 5.36. The summed E-state index contributed by atoms with van der Waals surface area (Å²) in [4.78, 5) is 0. The Morgan fingerprint density at radius 2 is 1.29 bits per heavy atom. The molecule has 1 aliphatic carbocycles. The fraction of sp³-hybridized carbons (Fsp3) is 0.846. The molecule has 1 saturated heterocycles. The van der Waals surface area contributed by atoms with Crippen molar-refractivity contribution in [2.45, 2.75) is 44.9 Å². The van der Waals surface area contributed by atoms with Crippen LogP contribution in [0.3, 0.4) is 0 Å². The van der Waals surface area contributed by atoms with Crippen molar-refractivity contribution in [2.75, 3.05) is 13.2 Å². The highest BCUT2D eigenvalue weighted by Crippen LogP contribution is 2.26. The van der Waals surface area contributed by atoms with Gasteiger partial charge in [0, 0.05) is 13.2 Å². The van der Waals surface area contributed by atoms with Gasteiger partial charge in [-0.25, -0.2) is 0 Å². The highest BCUT2D eigenvalue weighted by molar-refractivity contribution is 4.94. The number of allylic oxidation sites excluding steroid dienone is 2. The molecule has 0 N–H and O–H groups in total. The summed E-state index contributed by atoms with van der Waals surface area (Å²) in [5, 5.41) is 0. The molecule has 2 fully saturated rings. The first kappa shape index (κ1) is 10.2. The van der Waals surface area contributed by atoms with E-state index in [0.717, 1.165) is 25.0 Å². The zero-order chi connectivity index (χ0) is 9.64. The summed E-state index contributed by atoms with van der Waals surface area (Å²) in [7, 11) is 0. The number of rotatable bonds is 2. The van der Waals surface area contributed by atoms with Gasteiger partial charge in [-0.2, -0.15) is 0 Å². The van der Waals surface area contributed by atoms with E-state index in [2.05, 4.69) is 12.2 Å². The standard InChI is InChI=1S/C13H22O/c1-2-4-12(5-3-1)6-7-13-8-10-14-11-9-13/h6-7,12-13H,1-5,8-11H2/b7-6+. The Morgan fingerprint density at radius 1 is 0.714 bits per heavy atom. The summed E-state index contributed by atoms with van der Waals surface area (Å²) in [6, 6.07) is 0. The molecule has 0 bridgehead atoms. The van der Waals surface area contributed by atoms with Crippen LogP contribution in [0.15, 0.2) is 12.2 Å². The summed E-state index contributed by atoms with van der Waals surface area (Å²) < 4.78 is 5.36. The van der Waals surface area contributed by atoms with Crippen molar-refractivity contribution >= 4 is 0 Å². The minimum Gasteiger partial charge on any atom is -0.381 e. The Balaban J connectivity index is 1.73. The van der Waals surface area contributed by atoms with Crippen LogP contribution in [-0.4, -0.2) is 13.2 Å². The lowest BCUT2D eigenvalue weighted by Crippen LogP contribution is -2.14. The zero-order valence-corrected chi connectivity index (χ0v) is 9.08. The first-order valence-electron chi connectivity index (χ1n) is 6.21. The van der Waals surface area contributed by atoms with Gasteiger partial charge in [-0.1, -0.05) is 31.4 Å². The van der Waals surface area contributed by atoms with Crippen LogP contribution in [0.25, 0.3) is 0 Å². The summed E-state index contributed by atoms with van der Waals surface area (Å²) in [6.07, 6.45) is 14.7. The minimum atomic E-state index is 0.811. The fourth-order valence-corrected chi connectivity index (χ4v) is 2.55. The van der Waals surface area contributed by atoms with Crippen LogP contribution in [-0.2, 0) is 4.74 Å². The maximum absolute atomic E-state index is 5.36. The number of hydrogen-bond donors (Lipinski definition) is 0. The van der Waals surface area contributed by atoms with Gasteiger partial charge < -0.3 is 4.74 Å². The van der Waals surface area contributed by atoms with Crippen LogP contribution in [0.4, 0.5) is 0 Å². The molecule has 0 amide bonds. The average Bonchev–Trinajstić information content (AvgIpc) is 2.29. The molecule has 1 heterocycles. The minimum absolute atomic E-state index is 0.811. The summed E-state index contributed by atoms with van der Waals surface area (Å²) in [5.74, 6) is 1.71. The molecule has 1 nitrogen and oxygen atoms in total. The van der Waals surface area contributed by atoms with E-state index in [1.807, 2.05) is 0 Å². The van der Waals surface area contributed by atoms with E-state index in [1.165, 1.54) is 44.9 Å². The van der Waals surface area contributed by atoms with Crippen molar-refractivity contribution in [1.29, 1.82) is 0 Å². The Kier molecular flexibility index (Phi) is 4.05. The van der Waals surface area contributed by atoms with Gasteiger partial charge in [0.1, 0.15) is 0 Å². The lowest BCUT2D eigenvalue weighted by Gasteiger charge is -2.21. The van der Waals surface area contributed by atoms with Gasteiger partial charge in [0.05, 0.1) is 0 Å². The molecule has 1 heteroatoms. The SMILES string of the molecule is C(=C\C1CCOCC1)/C1CCCCC1. The smallest absolute Gasteiger partial charge is 0.0471 e. The molecule has 0 aromatic heterocycles. The Labute approximate surface area is 87.5 Å². The van der Waals surface area contributed by atoms with Crippen LogP contribution >= 0.6 is 0 Å². The second-order valence-corrected chi connectivity index (χ2v) is 4.73. The van der Waals surface area contributed by atoms with Crippen molar-refractivity contribution < 1.29 is 4.74 Å². The molecule has 0 atom stereocenters. The fourth-order valence-electron chi connectivity index (χ4n) is 2.55. The summed E-state index contributed by atoms with van der Waals surface area (Å²) in [5.41, 5.74) is 0. The van der Waals surface area contributed by atoms with Gasteiger partial charge in [-0.05, 0) is 37.5 Å². The molecule has 14 heavy (non-hydrogen) atoms. The van der Waals surface area contributed by atoms with Crippen molar-refractivity contribution in [3.8, 4) is 0 Å². The molecular formula is C13H22O. The van der Waals surface area contributed by atoms with E-state index in [1.54, 1.807) is 0 Å². The third-order valence-electron chi connectivity index (χ3n) is 3.57. The highest BCUT2D eigenvalue weighted by Gasteiger charge is 2.13. The van der Waals surface area contributed by atoms with E-state index in [9.17, 15) is 0 Å². The Bertz CT molecular complexity index is 154. The van der Waals surface area contributed by atoms with Gasteiger partial charge in [-0.3, -0.25) is 0 Å². The van der Waals surface area contributed by atoms with E-state index in [4.69, 9.17) is 4.74 Å². The topological polar surface area (TPSA) is 9.23 Å². The van der Waals surface area contributed by atoms with Crippen molar-refractivity contribution in [1.82, 2.24) is 0 Å². The molecule has 2 aliphatic rings. The van der Waals surface area contributed by atoms with Gasteiger partial charge in [0.2, 0.25) is 0 Å². The molecule has 1 aliphatic heterocycles. The maximum Gasteiger partial charge on any atom is 0.0471 e. The monoisotopic (exact) mass is 194 g/mol. The van der Waals surface area contributed by atoms with Crippen LogP contribution in [0.2, 0.25) is 0 Å². The lowest BCUT2D eigenvalue weighted by atomic mass is 9.87. The predicted octanol–water partition coefficient (Wildman–Crippen LogP) is 3.55. The quantitative estimate of drug-likeness (QED) is 0.611. The molecule has 0 aromatic carbocycles. The third-order valence-corrected chi connectivity index (χ3v) is 3.57. The lowest BCUT2D eigenvalue weighted by molar-refractivity contribution is 0.0784. The summed E-state index contributed by atoms with van der Waals surface area (Å²) in [6.45, 7) is 1.94. The van der Waals surface area contributed by atoms with E-state index in [0.29, 0.717) is 0 Å². The predicted molar refractivity (Wildman–Crippen MR) is 59.3 cm³/mol. The summed E-state index contributed by atoms with van der Waals surface area (Å²) >= 11 is 0. The van der Waals surface area contributed by atoms with Gasteiger partial charge in [0.25, 0.3) is 0 Å². The molecule has 80 valence electrons. The second kappa shape index (κ2) is 5.55. The number of ether oxygens (including phenoxy) is 1. The van der Waals surface area contributed by atoms with Gasteiger partial charge >= 0.3 is 0 Å². The first-order valence-corrected chi connectivity index (χ1v) is 6.21.